The first kappa shape index (κ1) is 19.5. The lowest BCUT2D eigenvalue weighted by Crippen LogP contribution is -2.43. The van der Waals surface area contributed by atoms with Crippen LogP contribution in [0.4, 0.5) is 0 Å². The molecule has 146 valence electrons. The second kappa shape index (κ2) is 7.79. The number of nitrogens with one attached hydrogen (secondary N) is 2. The zero-order valence-corrected chi connectivity index (χ0v) is 16.4. The first-order chi connectivity index (χ1) is 13.4. The van der Waals surface area contributed by atoms with Crippen molar-refractivity contribution in [2.75, 3.05) is 13.7 Å². The van der Waals surface area contributed by atoms with Crippen LogP contribution in [0.3, 0.4) is 0 Å². The van der Waals surface area contributed by atoms with Crippen LogP contribution >= 0.6 is 0 Å². The molecule has 0 spiro atoms. The number of hydrogen-bond donors (Lipinski definition) is 3. The molecule has 2 aliphatic rings. The molecule has 4 N–H and O–H groups in total. The maximum atomic E-state index is 12.4. The van der Waals surface area contributed by atoms with Crippen LogP contribution in [-0.4, -0.2) is 25.9 Å². The Morgan fingerprint density at radius 1 is 1.36 bits per heavy atom. The van der Waals surface area contributed by atoms with E-state index in [0.717, 1.165) is 22.4 Å². The van der Waals surface area contributed by atoms with E-state index in [-0.39, 0.29) is 0 Å². The molecule has 7 nitrogen and oxygen atoms in total. The highest BCUT2D eigenvalue weighted by atomic mass is 16.5. The first-order valence-corrected chi connectivity index (χ1v) is 9.07. The van der Waals surface area contributed by atoms with Gasteiger partial charge in [-0.2, -0.15) is 5.26 Å². The summed E-state index contributed by atoms with van der Waals surface area (Å²) in [5, 5.41) is 15.8. The number of nitrogens with zero attached hydrogens (tertiary/aromatic N) is 1. The Hall–Kier alpha value is -3.24. The van der Waals surface area contributed by atoms with Crippen LogP contribution < -0.4 is 21.1 Å². The Balaban J connectivity index is 2.28. The van der Waals surface area contributed by atoms with Gasteiger partial charge in [-0.15, -0.1) is 0 Å². The zero-order valence-electron chi connectivity index (χ0n) is 16.4. The molecule has 0 bridgehead atoms. The summed E-state index contributed by atoms with van der Waals surface area (Å²) < 4.78 is 11.5. The third-order valence-corrected chi connectivity index (χ3v) is 5.01. The number of methoxy groups -OCH3 is 1. The maximum absolute atomic E-state index is 12.4. The summed E-state index contributed by atoms with van der Waals surface area (Å²) in [6, 6.07) is 7.30. The Morgan fingerprint density at radius 3 is 2.71 bits per heavy atom. The van der Waals surface area contributed by atoms with Crippen LogP contribution in [0.2, 0.25) is 0 Å². The normalized spacial score (nSPS) is 21.2. The van der Waals surface area contributed by atoms with Gasteiger partial charge in [-0.05, 0) is 38.5 Å². The molecule has 1 aromatic carbocycles. The molecular weight excluding hydrogens is 356 g/mol. The van der Waals surface area contributed by atoms with Crippen LogP contribution in [-0.2, 0) is 9.53 Å². The van der Waals surface area contributed by atoms with Crippen LogP contribution in [0.1, 0.15) is 37.8 Å². The van der Waals surface area contributed by atoms with E-state index in [1.165, 1.54) is 0 Å². The van der Waals surface area contributed by atoms with Gasteiger partial charge in [0.25, 0.3) is 0 Å². The number of nitrogens with two attached hydrogens (primary N) is 1. The predicted molar refractivity (Wildman–Crippen MR) is 105 cm³/mol. The van der Waals surface area contributed by atoms with Crippen molar-refractivity contribution in [1.82, 2.24) is 10.6 Å². The molecule has 0 fully saturated rings. The Morgan fingerprint density at radius 2 is 2.11 bits per heavy atom. The average Bonchev–Trinajstić information content (AvgIpc) is 2.68. The number of carbonyl (C=O) groups is 1. The van der Waals surface area contributed by atoms with Gasteiger partial charge in [0.1, 0.15) is 5.75 Å². The van der Waals surface area contributed by atoms with E-state index >= 15 is 0 Å². The molecule has 3 rings (SSSR count). The van der Waals surface area contributed by atoms with Crippen molar-refractivity contribution >= 4 is 5.91 Å². The van der Waals surface area contributed by atoms with Gasteiger partial charge in [-0.1, -0.05) is 6.07 Å². The Kier molecular flexibility index (Phi) is 5.43. The summed E-state index contributed by atoms with van der Waals surface area (Å²) in [5.74, 6) is -0.466. The Bertz CT molecular complexity index is 953. The van der Waals surface area contributed by atoms with Crippen LogP contribution in [0.25, 0.3) is 0 Å². The van der Waals surface area contributed by atoms with Crippen LogP contribution in [0.5, 0.6) is 5.75 Å². The summed E-state index contributed by atoms with van der Waals surface area (Å²) in [6.07, 6.45) is 1.46. The van der Waals surface area contributed by atoms with Crippen molar-refractivity contribution < 1.29 is 14.3 Å². The third kappa shape index (κ3) is 3.23. The molecule has 1 aromatic rings. The van der Waals surface area contributed by atoms with Crippen LogP contribution in [0.15, 0.2) is 52.5 Å². The van der Waals surface area contributed by atoms with Gasteiger partial charge in [0.05, 0.1) is 18.7 Å². The molecule has 0 aromatic heterocycles. The lowest BCUT2D eigenvalue weighted by molar-refractivity contribution is -0.114. The minimum absolute atomic E-state index is 0.427. The summed E-state index contributed by atoms with van der Waals surface area (Å²) in [4.78, 5) is 12.4. The first-order valence-electron chi connectivity index (χ1n) is 9.07. The number of rotatable bonds is 5. The van der Waals surface area contributed by atoms with Gasteiger partial charge in [0.15, 0.2) is 6.23 Å². The van der Waals surface area contributed by atoms with Crippen molar-refractivity contribution in [3.8, 4) is 11.8 Å². The third-order valence-electron chi connectivity index (χ3n) is 5.01. The largest absolute Gasteiger partial charge is 0.496 e. The lowest BCUT2D eigenvalue weighted by Gasteiger charge is -2.39. The lowest BCUT2D eigenvalue weighted by atomic mass is 9.77. The topological polar surface area (TPSA) is 109 Å². The highest BCUT2D eigenvalue weighted by Gasteiger charge is 2.40. The summed E-state index contributed by atoms with van der Waals surface area (Å²) in [7, 11) is 1.54. The molecule has 2 heterocycles. The SMILES string of the molecule is CCOC1NC=C(C)C2=C1C(c1ccc(C#N)cc1OC)C(C(N)=O)=C(C)N2. The van der Waals surface area contributed by atoms with Gasteiger partial charge in [-0.3, -0.25) is 4.79 Å². The number of ether oxygens (including phenoxy) is 2. The molecule has 0 radical (unpaired) electrons. The molecular formula is C21H24N4O3. The zero-order chi connectivity index (χ0) is 20.4. The number of hydrogen-bond acceptors (Lipinski definition) is 6. The average molecular weight is 380 g/mol. The summed E-state index contributed by atoms with van der Waals surface area (Å²) >= 11 is 0. The van der Waals surface area contributed by atoms with Gasteiger partial charge in [-0.25, -0.2) is 0 Å². The number of primary amides is 1. The molecule has 0 saturated heterocycles. The minimum Gasteiger partial charge on any atom is -0.496 e. The standard InChI is InChI=1S/C21H24N4O3/c1-5-28-21-18-17(14-7-6-13(9-22)8-15(14)27-4)16(20(23)26)12(3)25-19(18)11(2)10-24-21/h6-8,10,17,21,24-25H,5H2,1-4H3,(H2,23,26). The second-order valence-electron chi connectivity index (χ2n) is 6.69. The highest BCUT2D eigenvalue weighted by Crippen LogP contribution is 2.45. The maximum Gasteiger partial charge on any atom is 0.247 e. The molecule has 2 unspecified atom stereocenters. The van der Waals surface area contributed by atoms with Gasteiger partial charge in [0, 0.05) is 46.8 Å². The van der Waals surface area contributed by atoms with E-state index < -0.39 is 18.1 Å². The number of dihydropyridines is 2. The number of benzene rings is 1. The summed E-state index contributed by atoms with van der Waals surface area (Å²) in [5.41, 5.74) is 10.9. The number of allylic oxidation sites excluding steroid dienone is 2. The van der Waals surface area contributed by atoms with E-state index in [9.17, 15) is 10.1 Å². The number of nitriles is 1. The molecule has 1 amide bonds. The predicted octanol–water partition coefficient (Wildman–Crippen LogP) is 2.14. The minimum atomic E-state index is -0.518. The fraction of sp³-hybridized carbons (Fsp3) is 0.333. The fourth-order valence-electron chi connectivity index (χ4n) is 3.79. The van der Waals surface area contributed by atoms with Gasteiger partial charge < -0.3 is 25.8 Å². The molecule has 2 atom stereocenters. The number of amides is 1. The van der Waals surface area contributed by atoms with E-state index in [4.69, 9.17) is 15.2 Å². The molecule has 28 heavy (non-hydrogen) atoms. The van der Waals surface area contributed by atoms with Crippen molar-refractivity contribution in [3.63, 3.8) is 0 Å². The van der Waals surface area contributed by atoms with E-state index in [2.05, 4.69) is 16.7 Å². The van der Waals surface area contributed by atoms with E-state index in [0.29, 0.717) is 29.2 Å². The molecule has 0 aliphatic carbocycles. The fourth-order valence-corrected chi connectivity index (χ4v) is 3.79. The van der Waals surface area contributed by atoms with Crippen molar-refractivity contribution in [2.24, 2.45) is 5.73 Å². The van der Waals surface area contributed by atoms with Gasteiger partial charge in [0.2, 0.25) is 5.91 Å². The second-order valence-corrected chi connectivity index (χ2v) is 6.69. The van der Waals surface area contributed by atoms with Gasteiger partial charge >= 0.3 is 0 Å². The quantitative estimate of drug-likeness (QED) is 0.722. The Labute approximate surface area is 164 Å². The van der Waals surface area contributed by atoms with E-state index in [1.54, 1.807) is 19.2 Å². The smallest absolute Gasteiger partial charge is 0.247 e. The molecule has 2 aliphatic heterocycles. The van der Waals surface area contributed by atoms with Crippen LogP contribution in [0, 0.1) is 11.3 Å². The highest BCUT2D eigenvalue weighted by molar-refractivity contribution is 5.96. The van der Waals surface area contributed by atoms with E-state index in [1.807, 2.05) is 33.0 Å². The van der Waals surface area contributed by atoms with Crippen molar-refractivity contribution in [1.29, 1.82) is 5.26 Å². The van der Waals surface area contributed by atoms with Crippen molar-refractivity contribution in [3.05, 3.63) is 63.6 Å². The monoisotopic (exact) mass is 380 g/mol. The molecule has 7 heteroatoms. The summed E-state index contributed by atoms with van der Waals surface area (Å²) in [6.45, 7) is 6.22. The van der Waals surface area contributed by atoms with Crippen molar-refractivity contribution in [2.45, 2.75) is 32.9 Å². The molecule has 0 saturated carbocycles. The number of carbonyl (C=O) groups excluding carboxylic acids is 1.